The average molecular weight is 293 g/mol. The van der Waals surface area contributed by atoms with Gasteiger partial charge in [0.2, 0.25) is 10.0 Å². The number of hydrogen-bond acceptors (Lipinski definition) is 5. The molecule has 7 nitrogen and oxygen atoms in total. The molecule has 0 bridgehead atoms. The molecule has 1 rings (SSSR count). The van der Waals surface area contributed by atoms with E-state index in [-0.39, 0.29) is 25.9 Å². The van der Waals surface area contributed by atoms with E-state index in [1.54, 1.807) is 0 Å². The maximum Gasteiger partial charge on any atom is 0.328 e. The van der Waals surface area contributed by atoms with Gasteiger partial charge in [0.1, 0.15) is 0 Å². The number of rotatable bonds is 4. The Kier molecular flexibility index (Phi) is 4.57. The summed E-state index contributed by atoms with van der Waals surface area (Å²) < 4.78 is 28.7. The standard InChI is InChI=1S/C11H19NO6S/c1-11(2,10(15)18-3)19(16,17)12-6-4-8(5-7-12)9(13)14/h8H,4-7H2,1-3H3,(H,13,14). The lowest BCUT2D eigenvalue weighted by atomic mass is 9.99. The van der Waals surface area contributed by atoms with E-state index in [1.165, 1.54) is 18.2 Å². The van der Waals surface area contributed by atoms with Crippen molar-refractivity contribution in [3.05, 3.63) is 0 Å². The van der Waals surface area contributed by atoms with Crippen molar-refractivity contribution in [3.8, 4) is 0 Å². The highest BCUT2D eigenvalue weighted by Gasteiger charge is 2.47. The zero-order valence-corrected chi connectivity index (χ0v) is 12.1. The van der Waals surface area contributed by atoms with Gasteiger partial charge in [0, 0.05) is 13.1 Å². The number of aliphatic carboxylic acids is 1. The number of esters is 1. The van der Waals surface area contributed by atoms with Crippen LogP contribution >= 0.6 is 0 Å². The Morgan fingerprint density at radius 3 is 2.11 bits per heavy atom. The second-order valence-corrected chi connectivity index (χ2v) is 7.51. The molecule has 19 heavy (non-hydrogen) atoms. The highest BCUT2D eigenvalue weighted by atomic mass is 32.2. The van der Waals surface area contributed by atoms with E-state index in [2.05, 4.69) is 4.74 Å². The molecule has 0 atom stereocenters. The smallest absolute Gasteiger partial charge is 0.328 e. The van der Waals surface area contributed by atoms with E-state index in [9.17, 15) is 18.0 Å². The number of ether oxygens (including phenoxy) is 1. The van der Waals surface area contributed by atoms with Gasteiger partial charge in [-0.1, -0.05) is 0 Å². The summed E-state index contributed by atoms with van der Waals surface area (Å²) in [6.07, 6.45) is 0.512. The summed E-state index contributed by atoms with van der Waals surface area (Å²) in [5.74, 6) is -2.26. The monoisotopic (exact) mass is 293 g/mol. The maximum atomic E-state index is 12.4. The topological polar surface area (TPSA) is 101 Å². The van der Waals surface area contributed by atoms with Gasteiger partial charge in [-0.3, -0.25) is 9.59 Å². The van der Waals surface area contributed by atoms with Crippen molar-refractivity contribution >= 4 is 22.0 Å². The molecule has 1 aliphatic heterocycles. The summed E-state index contributed by atoms with van der Waals surface area (Å²) in [5.41, 5.74) is 0. The number of nitrogens with zero attached hydrogens (tertiary/aromatic N) is 1. The normalized spacial score (nSPS) is 19.1. The van der Waals surface area contributed by atoms with Crippen LogP contribution in [0.25, 0.3) is 0 Å². The summed E-state index contributed by atoms with van der Waals surface area (Å²) in [5, 5.41) is 8.87. The Hall–Kier alpha value is -1.15. The number of carboxylic acid groups (broad SMARTS) is 1. The number of methoxy groups -OCH3 is 1. The highest BCUT2D eigenvalue weighted by molar-refractivity contribution is 7.91. The second-order valence-electron chi connectivity index (χ2n) is 5.02. The molecule has 0 aliphatic carbocycles. The molecule has 110 valence electrons. The fourth-order valence-corrected chi connectivity index (χ4v) is 3.65. The van der Waals surface area contributed by atoms with Crippen molar-refractivity contribution < 1.29 is 27.9 Å². The van der Waals surface area contributed by atoms with E-state index in [1.807, 2.05) is 0 Å². The molecular weight excluding hydrogens is 274 g/mol. The van der Waals surface area contributed by atoms with Crippen LogP contribution in [0.2, 0.25) is 0 Å². The molecule has 0 aromatic heterocycles. The number of piperidine rings is 1. The maximum absolute atomic E-state index is 12.4. The van der Waals surface area contributed by atoms with Crippen molar-refractivity contribution in [2.75, 3.05) is 20.2 Å². The van der Waals surface area contributed by atoms with Crippen LogP contribution in [-0.2, 0) is 24.3 Å². The molecule has 1 aliphatic rings. The molecule has 0 aromatic rings. The van der Waals surface area contributed by atoms with E-state index in [4.69, 9.17) is 5.11 Å². The van der Waals surface area contributed by atoms with E-state index in [0.717, 1.165) is 7.11 Å². The molecule has 1 heterocycles. The van der Waals surface area contributed by atoms with Gasteiger partial charge in [0.15, 0.2) is 4.75 Å². The first kappa shape index (κ1) is 15.9. The van der Waals surface area contributed by atoms with Crippen LogP contribution in [0.5, 0.6) is 0 Å². The van der Waals surface area contributed by atoms with E-state index < -0.39 is 32.6 Å². The Morgan fingerprint density at radius 2 is 1.74 bits per heavy atom. The number of carbonyl (C=O) groups is 2. The summed E-state index contributed by atoms with van der Waals surface area (Å²) in [7, 11) is -2.72. The van der Waals surface area contributed by atoms with Crippen molar-refractivity contribution in [1.29, 1.82) is 0 Å². The van der Waals surface area contributed by atoms with Crippen LogP contribution in [-0.4, -0.2) is 54.7 Å². The third-order valence-electron chi connectivity index (χ3n) is 3.46. The average Bonchev–Trinajstić information content (AvgIpc) is 2.37. The molecule has 0 aromatic carbocycles. The van der Waals surface area contributed by atoms with E-state index in [0.29, 0.717) is 0 Å². The van der Waals surface area contributed by atoms with Gasteiger partial charge in [0.25, 0.3) is 0 Å². The predicted molar refractivity (Wildman–Crippen MR) is 66.9 cm³/mol. The van der Waals surface area contributed by atoms with Gasteiger partial charge >= 0.3 is 11.9 Å². The molecule has 0 spiro atoms. The summed E-state index contributed by atoms with van der Waals surface area (Å²) in [4.78, 5) is 22.4. The largest absolute Gasteiger partial charge is 0.481 e. The lowest BCUT2D eigenvalue weighted by Crippen LogP contribution is -2.52. The van der Waals surface area contributed by atoms with Crippen molar-refractivity contribution in [2.45, 2.75) is 31.4 Å². The molecule has 1 fully saturated rings. The number of sulfonamides is 1. The minimum atomic E-state index is -3.86. The van der Waals surface area contributed by atoms with Gasteiger partial charge in [-0.15, -0.1) is 0 Å². The fraction of sp³-hybridized carbons (Fsp3) is 0.818. The van der Waals surface area contributed by atoms with Crippen molar-refractivity contribution in [3.63, 3.8) is 0 Å². The summed E-state index contributed by atoms with van der Waals surface area (Å²) in [6.45, 7) is 2.80. The van der Waals surface area contributed by atoms with Gasteiger partial charge in [0.05, 0.1) is 13.0 Å². The van der Waals surface area contributed by atoms with Gasteiger partial charge in [-0.25, -0.2) is 12.7 Å². The predicted octanol–water partition coefficient (Wildman–Crippen LogP) is 0.0644. The van der Waals surface area contributed by atoms with Crippen molar-refractivity contribution in [2.24, 2.45) is 5.92 Å². The Bertz CT molecular complexity index is 462. The Morgan fingerprint density at radius 1 is 1.26 bits per heavy atom. The third kappa shape index (κ3) is 2.89. The van der Waals surface area contributed by atoms with Gasteiger partial charge < -0.3 is 9.84 Å². The van der Waals surface area contributed by atoms with Gasteiger partial charge in [-0.05, 0) is 26.7 Å². The lowest BCUT2D eigenvalue weighted by molar-refractivity contribution is -0.144. The van der Waals surface area contributed by atoms with Crippen LogP contribution in [0.4, 0.5) is 0 Å². The van der Waals surface area contributed by atoms with Crippen LogP contribution in [0, 0.1) is 5.92 Å². The summed E-state index contributed by atoms with van der Waals surface area (Å²) in [6, 6.07) is 0. The SMILES string of the molecule is COC(=O)C(C)(C)S(=O)(=O)N1CCC(C(=O)O)CC1. The molecule has 0 amide bonds. The first-order chi connectivity index (χ1) is 8.64. The molecule has 1 saturated heterocycles. The Balaban J connectivity index is 2.87. The number of carboxylic acids is 1. The fourth-order valence-electron chi connectivity index (χ4n) is 2.02. The minimum Gasteiger partial charge on any atom is -0.481 e. The zero-order valence-electron chi connectivity index (χ0n) is 11.2. The molecular formula is C11H19NO6S. The molecule has 0 saturated carbocycles. The van der Waals surface area contributed by atoms with E-state index >= 15 is 0 Å². The first-order valence-electron chi connectivity index (χ1n) is 5.95. The highest BCUT2D eigenvalue weighted by Crippen LogP contribution is 2.27. The zero-order chi connectivity index (χ0) is 14.8. The van der Waals surface area contributed by atoms with Crippen molar-refractivity contribution in [1.82, 2.24) is 4.31 Å². The number of carbonyl (C=O) groups excluding carboxylic acids is 1. The Labute approximate surface area is 112 Å². The van der Waals surface area contributed by atoms with Crippen LogP contribution in [0.1, 0.15) is 26.7 Å². The molecule has 8 heteroatoms. The van der Waals surface area contributed by atoms with Crippen LogP contribution in [0.15, 0.2) is 0 Å². The third-order valence-corrected chi connectivity index (χ3v) is 5.97. The molecule has 1 N–H and O–H groups in total. The van der Waals surface area contributed by atoms with Crippen LogP contribution in [0.3, 0.4) is 0 Å². The second kappa shape index (κ2) is 5.46. The lowest BCUT2D eigenvalue weighted by Gasteiger charge is -2.34. The molecule has 0 radical (unpaired) electrons. The van der Waals surface area contributed by atoms with Gasteiger partial charge in [-0.2, -0.15) is 0 Å². The summed E-state index contributed by atoms with van der Waals surface area (Å²) >= 11 is 0. The first-order valence-corrected chi connectivity index (χ1v) is 7.39. The quantitative estimate of drug-likeness (QED) is 0.736. The number of hydrogen-bond donors (Lipinski definition) is 1. The minimum absolute atomic E-state index is 0.111. The van der Waals surface area contributed by atoms with Crippen LogP contribution < -0.4 is 0 Å². The molecule has 0 unspecified atom stereocenters.